The average Bonchev–Trinajstić information content (AvgIpc) is 3.16. The van der Waals surface area contributed by atoms with Crippen LogP contribution >= 0.6 is 23.4 Å². The minimum absolute atomic E-state index is 0.150. The van der Waals surface area contributed by atoms with Gasteiger partial charge in [-0.25, -0.2) is 4.98 Å². The van der Waals surface area contributed by atoms with Crippen LogP contribution in [0.25, 0.3) is 10.9 Å². The van der Waals surface area contributed by atoms with Crippen molar-refractivity contribution in [3.63, 3.8) is 0 Å². The molecule has 0 saturated carbocycles. The van der Waals surface area contributed by atoms with Gasteiger partial charge in [0.25, 0.3) is 0 Å². The van der Waals surface area contributed by atoms with Gasteiger partial charge < -0.3 is 4.98 Å². The first-order valence-corrected chi connectivity index (χ1v) is 10.1. The van der Waals surface area contributed by atoms with E-state index >= 15 is 0 Å². The zero-order valence-electron chi connectivity index (χ0n) is 15.3. The first kappa shape index (κ1) is 20.5. The summed E-state index contributed by atoms with van der Waals surface area (Å²) in [5.74, 6) is -0.193. The normalized spacial score (nSPS) is 12.8. The van der Waals surface area contributed by atoms with Gasteiger partial charge >= 0.3 is 6.18 Å². The number of pyridine rings is 1. The van der Waals surface area contributed by atoms with Gasteiger partial charge in [-0.2, -0.15) is 13.2 Å². The molecule has 3 nitrogen and oxygen atoms in total. The van der Waals surface area contributed by atoms with Crippen LogP contribution < -0.4 is 0 Å². The van der Waals surface area contributed by atoms with E-state index in [9.17, 15) is 18.0 Å². The molecule has 2 heterocycles. The highest BCUT2D eigenvalue weighted by Gasteiger charge is 2.32. The van der Waals surface area contributed by atoms with Crippen molar-refractivity contribution >= 4 is 40.0 Å². The van der Waals surface area contributed by atoms with Crippen LogP contribution in [0.15, 0.2) is 78.1 Å². The summed E-state index contributed by atoms with van der Waals surface area (Å²) < 4.78 is 38.8. The van der Waals surface area contributed by atoms with Gasteiger partial charge in [0.2, 0.25) is 0 Å². The summed E-state index contributed by atoms with van der Waals surface area (Å²) in [5.41, 5.74) is 1.09. The fraction of sp³-hybridized carbons (Fsp3) is 0.0909. The van der Waals surface area contributed by atoms with Gasteiger partial charge in [-0.15, -0.1) is 0 Å². The van der Waals surface area contributed by atoms with Crippen molar-refractivity contribution in [2.24, 2.45) is 0 Å². The van der Waals surface area contributed by atoms with E-state index in [1.807, 2.05) is 30.3 Å². The highest BCUT2D eigenvalue weighted by atomic mass is 35.5. The summed E-state index contributed by atoms with van der Waals surface area (Å²) >= 11 is 7.12. The number of carbonyl (C=O) groups excluding carboxylic acids is 1. The molecule has 1 N–H and O–H groups in total. The second-order valence-electron chi connectivity index (χ2n) is 6.53. The van der Waals surface area contributed by atoms with Gasteiger partial charge in [0.1, 0.15) is 5.03 Å². The number of halogens is 4. The number of aromatic amines is 1. The number of nitrogens with one attached hydrogen (secondary N) is 1. The molecule has 4 aromatic rings. The zero-order valence-corrected chi connectivity index (χ0v) is 16.9. The maximum Gasteiger partial charge on any atom is 0.417 e. The summed E-state index contributed by atoms with van der Waals surface area (Å²) in [6.45, 7) is 0. The number of aromatic nitrogens is 2. The monoisotopic (exact) mass is 446 g/mol. The van der Waals surface area contributed by atoms with Crippen molar-refractivity contribution < 1.29 is 18.0 Å². The highest BCUT2D eigenvalue weighted by Crippen LogP contribution is 2.42. The van der Waals surface area contributed by atoms with Gasteiger partial charge in [-0.1, -0.05) is 71.9 Å². The molecule has 8 heteroatoms. The van der Waals surface area contributed by atoms with Crippen LogP contribution in [0.5, 0.6) is 0 Å². The summed E-state index contributed by atoms with van der Waals surface area (Å²) in [6, 6.07) is 17.2. The number of para-hydroxylation sites is 1. The van der Waals surface area contributed by atoms with E-state index in [0.717, 1.165) is 34.9 Å². The first-order valence-electron chi connectivity index (χ1n) is 8.89. The molecule has 0 aliphatic rings. The molecule has 1 atom stereocenters. The molecule has 0 saturated heterocycles. The standard InChI is InChI=1S/C22H14ClF3N2OS/c23-17-10-14(22(24,25)26)11-28-21(17)30-20(13-6-2-1-3-7-13)19(29)16-12-27-18-9-5-4-8-15(16)18/h1-12,20,27H. The van der Waals surface area contributed by atoms with Gasteiger partial charge in [-0.3, -0.25) is 4.79 Å². The van der Waals surface area contributed by atoms with Gasteiger partial charge in [0, 0.05) is 28.9 Å². The fourth-order valence-corrected chi connectivity index (χ4v) is 4.43. The van der Waals surface area contributed by atoms with Crippen molar-refractivity contribution in [3.8, 4) is 0 Å². The van der Waals surface area contributed by atoms with Crippen LogP contribution in [0.1, 0.15) is 26.7 Å². The Labute approximate surface area is 179 Å². The molecule has 152 valence electrons. The Balaban J connectivity index is 1.74. The maximum absolute atomic E-state index is 13.5. The minimum Gasteiger partial charge on any atom is -0.360 e. The second kappa shape index (κ2) is 8.16. The van der Waals surface area contributed by atoms with Gasteiger partial charge in [0.05, 0.1) is 15.8 Å². The molecular weight excluding hydrogens is 433 g/mol. The SMILES string of the molecule is O=C(c1c[nH]c2ccccc12)C(Sc1ncc(C(F)(F)F)cc1Cl)c1ccccc1. The molecule has 0 fully saturated rings. The lowest BCUT2D eigenvalue weighted by Crippen LogP contribution is -2.11. The third-order valence-corrected chi connectivity index (χ3v) is 6.23. The van der Waals surface area contributed by atoms with Crippen molar-refractivity contribution in [1.29, 1.82) is 0 Å². The molecule has 4 rings (SSSR count). The van der Waals surface area contributed by atoms with Crippen molar-refractivity contribution in [3.05, 3.63) is 94.8 Å². The number of hydrogen-bond donors (Lipinski definition) is 1. The Morgan fingerprint density at radius 2 is 1.77 bits per heavy atom. The topological polar surface area (TPSA) is 45.8 Å². The quantitative estimate of drug-likeness (QED) is 0.266. The molecule has 0 radical (unpaired) electrons. The third-order valence-electron chi connectivity index (χ3n) is 4.56. The van der Waals surface area contributed by atoms with Crippen LogP contribution in [0.3, 0.4) is 0 Å². The van der Waals surface area contributed by atoms with Crippen molar-refractivity contribution in [2.45, 2.75) is 16.5 Å². The number of nitrogens with zero attached hydrogens (tertiary/aromatic N) is 1. The molecule has 0 bridgehead atoms. The largest absolute Gasteiger partial charge is 0.417 e. The Morgan fingerprint density at radius 1 is 1.07 bits per heavy atom. The van der Waals surface area contributed by atoms with Crippen LogP contribution in [0.2, 0.25) is 5.02 Å². The highest BCUT2D eigenvalue weighted by molar-refractivity contribution is 8.00. The van der Waals surface area contributed by atoms with E-state index in [0.29, 0.717) is 11.1 Å². The van der Waals surface area contributed by atoms with Gasteiger partial charge in [0.15, 0.2) is 5.78 Å². The lowest BCUT2D eigenvalue weighted by Gasteiger charge is -2.17. The average molecular weight is 447 g/mol. The van der Waals surface area contributed by atoms with Crippen LogP contribution in [0, 0.1) is 0 Å². The Kier molecular flexibility index (Phi) is 5.58. The molecule has 0 aliphatic carbocycles. The van der Waals surface area contributed by atoms with Gasteiger partial charge in [-0.05, 0) is 17.7 Å². The van der Waals surface area contributed by atoms with Crippen LogP contribution in [-0.2, 0) is 6.18 Å². The molecule has 2 aromatic heterocycles. The van der Waals surface area contributed by atoms with Crippen LogP contribution in [-0.4, -0.2) is 15.8 Å². The predicted molar refractivity (Wildman–Crippen MR) is 112 cm³/mol. The molecule has 30 heavy (non-hydrogen) atoms. The molecule has 2 aromatic carbocycles. The number of thioether (sulfide) groups is 1. The second-order valence-corrected chi connectivity index (χ2v) is 8.03. The first-order chi connectivity index (χ1) is 14.3. The molecule has 1 unspecified atom stereocenters. The number of benzene rings is 2. The number of H-pyrrole nitrogens is 1. The maximum atomic E-state index is 13.5. The van der Waals surface area contributed by atoms with E-state index in [2.05, 4.69) is 9.97 Å². The predicted octanol–water partition coefficient (Wildman–Crippen LogP) is 6.95. The Morgan fingerprint density at radius 3 is 2.47 bits per heavy atom. The van der Waals surface area contributed by atoms with E-state index in [-0.39, 0.29) is 15.8 Å². The van der Waals surface area contributed by atoms with E-state index in [1.54, 1.807) is 30.5 Å². The minimum atomic E-state index is -4.54. The number of carbonyl (C=O) groups is 1. The molecule has 0 spiro atoms. The summed E-state index contributed by atoms with van der Waals surface area (Å²) in [5, 5.41) is 0.0526. The number of rotatable bonds is 5. The van der Waals surface area contributed by atoms with E-state index in [1.165, 1.54) is 0 Å². The number of alkyl halides is 3. The van der Waals surface area contributed by atoms with Crippen LogP contribution in [0.4, 0.5) is 13.2 Å². The van der Waals surface area contributed by atoms with E-state index in [4.69, 9.17) is 11.6 Å². The number of Topliss-reactive ketones (excluding diaryl/α,β-unsaturated/α-hetero) is 1. The summed E-state index contributed by atoms with van der Waals surface area (Å²) in [4.78, 5) is 20.4. The van der Waals surface area contributed by atoms with Crippen molar-refractivity contribution in [2.75, 3.05) is 0 Å². The third kappa shape index (κ3) is 4.08. The lowest BCUT2D eigenvalue weighted by molar-refractivity contribution is -0.137. The molecular formula is C22H14ClF3N2OS. The fourth-order valence-electron chi connectivity index (χ4n) is 3.10. The molecule has 0 aliphatic heterocycles. The summed E-state index contributed by atoms with van der Waals surface area (Å²) in [7, 11) is 0. The smallest absolute Gasteiger partial charge is 0.360 e. The van der Waals surface area contributed by atoms with E-state index < -0.39 is 17.0 Å². The number of ketones is 1. The Hall–Kier alpha value is -2.77. The lowest BCUT2D eigenvalue weighted by atomic mass is 10.0. The number of hydrogen-bond acceptors (Lipinski definition) is 3. The molecule has 0 amide bonds. The summed E-state index contributed by atoms with van der Waals surface area (Å²) in [6.07, 6.45) is -2.17. The zero-order chi connectivity index (χ0) is 21.3. The number of fused-ring (bicyclic) bond motifs is 1. The van der Waals surface area contributed by atoms with Crippen molar-refractivity contribution in [1.82, 2.24) is 9.97 Å². The Bertz CT molecular complexity index is 1210.